The van der Waals surface area contributed by atoms with E-state index in [0.717, 1.165) is 22.7 Å². The minimum absolute atomic E-state index is 0.00111. The molecule has 0 aliphatic heterocycles. The highest BCUT2D eigenvalue weighted by Crippen LogP contribution is 2.39. The summed E-state index contributed by atoms with van der Waals surface area (Å²) in [6, 6.07) is 12.2. The maximum absolute atomic E-state index is 13.3. The van der Waals surface area contributed by atoms with Crippen LogP contribution in [0.2, 0.25) is 0 Å². The molecule has 1 heterocycles. The summed E-state index contributed by atoms with van der Waals surface area (Å²) in [6.07, 6.45) is -4.53. The average molecular weight is 490 g/mol. The zero-order valence-corrected chi connectivity index (χ0v) is 19.5. The van der Waals surface area contributed by atoms with Gasteiger partial charge in [0.2, 0.25) is 5.91 Å². The number of alkyl halides is 3. The average Bonchev–Trinajstić information content (AvgIpc) is 3.12. The molecule has 7 N–H and O–H groups in total. The van der Waals surface area contributed by atoms with Gasteiger partial charge in [-0.2, -0.15) is 13.2 Å². The van der Waals surface area contributed by atoms with Crippen LogP contribution in [0.15, 0.2) is 48.5 Å². The maximum atomic E-state index is 13.3. The van der Waals surface area contributed by atoms with Crippen LogP contribution in [0.25, 0.3) is 11.1 Å². The molecule has 0 fully saturated rings. The molecule has 6 nitrogen and oxygen atoms in total. The molecule has 0 aliphatic rings. The van der Waals surface area contributed by atoms with Crippen LogP contribution >= 0.6 is 11.3 Å². The zero-order valence-electron chi connectivity index (χ0n) is 18.7. The molecule has 10 heteroatoms. The van der Waals surface area contributed by atoms with E-state index in [1.165, 1.54) is 17.4 Å². The summed E-state index contributed by atoms with van der Waals surface area (Å²) >= 11 is 1.33. The van der Waals surface area contributed by atoms with Crippen molar-refractivity contribution in [3.8, 4) is 11.1 Å². The van der Waals surface area contributed by atoms with Gasteiger partial charge in [0.1, 0.15) is 5.84 Å². The standard InChI is InChI=1S/C24H26F3N5OS/c1-13(2)32-22-10-19(16-7-17(24(25,26)27)9-18(28)8-16)20(34-22)11-21(33)31-12-14-3-5-15(6-4-14)23(29)30/h3-10,13,32H,11-12,28H2,1-2H3,(H3,29,30)(H,31,33). The minimum Gasteiger partial charge on any atom is -0.399 e. The Labute approximate surface area is 199 Å². The van der Waals surface area contributed by atoms with E-state index in [0.29, 0.717) is 21.6 Å². The maximum Gasteiger partial charge on any atom is 0.416 e. The quantitative estimate of drug-likeness (QED) is 0.174. The van der Waals surface area contributed by atoms with Crippen LogP contribution in [0.5, 0.6) is 0 Å². The first kappa shape index (κ1) is 25.1. The molecular weight excluding hydrogens is 463 g/mol. The number of anilines is 2. The summed E-state index contributed by atoms with van der Waals surface area (Å²) < 4.78 is 40.0. The normalized spacial score (nSPS) is 11.5. The van der Waals surface area contributed by atoms with E-state index >= 15 is 0 Å². The Hall–Kier alpha value is -3.53. The Bertz CT molecular complexity index is 1190. The van der Waals surface area contributed by atoms with E-state index in [-0.39, 0.29) is 36.4 Å². The molecule has 1 aromatic heterocycles. The summed E-state index contributed by atoms with van der Waals surface area (Å²) in [5.41, 5.74) is 12.6. The second-order valence-corrected chi connectivity index (χ2v) is 9.29. The molecule has 0 radical (unpaired) electrons. The van der Waals surface area contributed by atoms with Crippen molar-refractivity contribution >= 4 is 33.8 Å². The number of thiophene rings is 1. The van der Waals surface area contributed by atoms with Gasteiger partial charge >= 0.3 is 6.18 Å². The predicted molar refractivity (Wildman–Crippen MR) is 131 cm³/mol. The second-order valence-electron chi connectivity index (χ2n) is 8.15. The van der Waals surface area contributed by atoms with E-state index in [9.17, 15) is 18.0 Å². The van der Waals surface area contributed by atoms with E-state index in [1.54, 1.807) is 30.3 Å². The van der Waals surface area contributed by atoms with Crippen molar-refractivity contribution < 1.29 is 18.0 Å². The monoisotopic (exact) mass is 489 g/mol. The number of hydrogen-bond acceptors (Lipinski definition) is 5. The Morgan fingerprint density at radius 3 is 2.38 bits per heavy atom. The predicted octanol–water partition coefficient (Wildman–Crippen LogP) is 4.98. The molecule has 1 amide bonds. The van der Waals surface area contributed by atoms with Crippen molar-refractivity contribution in [2.45, 2.75) is 39.0 Å². The molecule has 0 atom stereocenters. The van der Waals surface area contributed by atoms with Crippen LogP contribution in [-0.4, -0.2) is 17.8 Å². The van der Waals surface area contributed by atoms with Gasteiger partial charge in [-0.15, -0.1) is 11.3 Å². The highest BCUT2D eigenvalue weighted by Gasteiger charge is 2.31. The topological polar surface area (TPSA) is 117 Å². The third-order valence-electron chi connectivity index (χ3n) is 4.91. The van der Waals surface area contributed by atoms with Crippen molar-refractivity contribution in [2.75, 3.05) is 11.1 Å². The summed E-state index contributed by atoms with van der Waals surface area (Å²) in [6.45, 7) is 4.17. The number of hydrogen-bond donors (Lipinski definition) is 5. The highest BCUT2D eigenvalue weighted by molar-refractivity contribution is 7.16. The van der Waals surface area contributed by atoms with Gasteiger partial charge in [0.15, 0.2) is 0 Å². The molecule has 2 aromatic carbocycles. The first-order valence-electron chi connectivity index (χ1n) is 10.5. The molecular formula is C24H26F3N5OS. The van der Waals surface area contributed by atoms with Crippen molar-refractivity contribution in [2.24, 2.45) is 5.73 Å². The molecule has 34 heavy (non-hydrogen) atoms. The molecule has 3 rings (SSSR count). The minimum atomic E-state index is -4.53. The number of benzene rings is 2. The van der Waals surface area contributed by atoms with Gasteiger partial charge in [0, 0.05) is 28.7 Å². The fourth-order valence-corrected chi connectivity index (χ4v) is 4.57. The molecule has 3 aromatic rings. The van der Waals surface area contributed by atoms with Crippen molar-refractivity contribution in [1.82, 2.24) is 5.32 Å². The van der Waals surface area contributed by atoms with E-state index in [1.807, 2.05) is 13.8 Å². The van der Waals surface area contributed by atoms with Gasteiger partial charge in [-0.3, -0.25) is 10.2 Å². The van der Waals surface area contributed by atoms with E-state index in [4.69, 9.17) is 16.9 Å². The fourth-order valence-electron chi connectivity index (χ4n) is 3.34. The summed E-state index contributed by atoms with van der Waals surface area (Å²) in [5.74, 6) is -0.309. The molecule has 0 aliphatic carbocycles. The van der Waals surface area contributed by atoms with Gasteiger partial charge in [0.05, 0.1) is 17.0 Å². The third-order valence-corrected chi connectivity index (χ3v) is 5.98. The van der Waals surface area contributed by atoms with Gasteiger partial charge in [-0.05, 0) is 54.8 Å². The van der Waals surface area contributed by atoms with Crippen LogP contribution in [0.1, 0.15) is 35.4 Å². The number of carbonyl (C=O) groups excluding carboxylic acids is 1. The fraction of sp³-hybridized carbons (Fsp3) is 0.250. The molecule has 0 saturated heterocycles. The SMILES string of the molecule is CC(C)Nc1cc(-c2cc(N)cc(C(F)(F)F)c2)c(CC(=O)NCc2ccc(C(=N)N)cc2)s1. The Morgan fingerprint density at radius 2 is 1.79 bits per heavy atom. The van der Waals surface area contributed by atoms with Crippen molar-refractivity contribution in [3.05, 3.63) is 70.1 Å². The lowest BCUT2D eigenvalue weighted by Gasteiger charge is -2.11. The number of halogens is 3. The van der Waals surface area contributed by atoms with Gasteiger partial charge in [-0.25, -0.2) is 0 Å². The highest BCUT2D eigenvalue weighted by atomic mass is 32.1. The first-order valence-corrected chi connectivity index (χ1v) is 11.3. The number of amides is 1. The van der Waals surface area contributed by atoms with Crippen LogP contribution in [0.4, 0.5) is 23.9 Å². The molecule has 180 valence electrons. The summed E-state index contributed by atoms with van der Waals surface area (Å²) in [7, 11) is 0. The Kier molecular flexibility index (Phi) is 7.51. The third kappa shape index (κ3) is 6.50. The van der Waals surface area contributed by atoms with Crippen LogP contribution in [0, 0.1) is 5.41 Å². The first-order chi connectivity index (χ1) is 15.9. The summed E-state index contributed by atoms with van der Waals surface area (Å²) in [4.78, 5) is 13.3. The lowest BCUT2D eigenvalue weighted by molar-refractivity contribution is -0.137. The molecule has 0 bridgehead atoms. The number of rotatable bonds is 8. The number of nitrogens with one attached hydrogen (secondary N) is 3. The number of nitrogens with two attached hydrogens (primary N) is 2. The number of amidine groups is 1. The number of carbonyl (C=O) groups is 1. The lowest BCUT2D eigenvalue weighted by Crippen LogP contribution is -2.24. The van der Waals surface area contributed by atoms with Crippen molar-refractivity contribution in [1.29, 1.82) is 5.41 Å². The van der Waals surface area contributed by atoms with E-state index in [2.05, 4.69) is 10.6 Å². The van der Waals surface area contributed by atoms with Crippen LogP contribution in [-0.2, 0) is 23.9 Å². The van der Waals surface area contributed by atoms with Crippen molar-refractivity contribution in [3.63, 3.8) is 0 Å². The second kappa shape index (κ2) is 10.2. The Balaban J connectivity index is 1.83. The van der Waals surface area contributed by atoms with Crippen LogP contribution < -0.4 is 22.1 Å². The summed E-state index contributed by atoms with van der Waals surface area (Å²) in [5, 5.41) is 14.3. The zero-order chi connectivity index (χ0) is 25.0. The molecule has 0 unspecified atom stereocenters. The smallest absolute Gasteiger partial charge is 0.399 e. The largest absolute Gasteiger partial charge is 0.416 e. The number of nitrogen functional groups attached to an aromatic ring is 2. The molecule has 0 saturated carbocycles. The molecule has 0 spiro atoms. The van der Waals surface area contributed by atoms with Gasteiger partial charge in [-0.1, -0.05) is 24.3 Å². The lowest BCUT2D eigenvalue weighted by atomic mass is 10.0. The Morgan fingerprint density at radius 1 is 1.12 bits per heavy atom. The van der Waals surface area contributed by atoms with E-state index < -0.39 is 11.7 Å². The van der Waals surface area contributed by atoms with Gasteiger partial charge < -0.3 is 22.1 Å². The van der Waals surface area contributed by atoms with Crippen LogP contribution in [0.3, 0.4) is 0 Å². The van der Waals surface area contributed by atoms with Gasteiger partial charge in [0.25, 0.3) is 0 Å².